The Morgan fingerprint density at radius 1 is 0.691 bits per heavy atom. The van der Waals surface area contributed by atoms with Gasteiger partial charge in [-0.3, -0.25) is 4.79 Å². The zero-order valence-electron chi connectivity index (χ0n) is 31.3. The van der Waals surface area contributed by atoms with Gasteiger partial charge in [-0.25, -0.2) is 4.79 Å². The molecule has 1 amide bonds. The molecule has 0 saturated carbocycles. The van der Waals surface area contributed by atoms with Gasteiger partial charge in [-0.1, -0.05) is 34.6 Å². The molecule has 0 unspecified atom stereocenters. The zero-order valence-corrected chi connectivity index (χ0v) is 31.3. The number of amides is 1. The minimum absolute atomic E-state index is 0.236. The van der Waals surface area contributed by atoms with Gasteiger partial charge in [-0.15, -0.1) is 0 Å². The number of aryl methyl sites for hydroxylation is 6. The van der Waals surface area contributed by atoms with E-state index in [1.165, 1.54) is 12.1 Å². The van der Waals surface area contributed by atoms with Crippen molar-refractivity contribution < 1.29 is 33.2 Å². The predicted molar refractivity (Wildman–Crippen MR) is 205 cm³/mol. The zero-order chi connectivity index (χ0) is 40.1. The number of ether oxygens (including phenoxy) is 2. The number of carboxylic acid groups (broad SMARTS) is 1. The number of hydrogen-bond donors (Lipinski definition) is 3. The Morgan fingerprint density at radius 3 is 1.55 bits per heavy atom. The van der Waals surface area contributed by atoms with Crippen molar-refractivity contribution in [1.29, 1.82) is 10.5 Å². The van der Waals surface area contributed by atoms with Gasteiger partial charge < -0.3 is 34.7 Å². The Kier molecular flexibility index (Phi) is 13.9. The summed E-state index contributed by atoms with van der Waals surface area (Å²) in [6, 6.07) is 28.0. The molecule has 0 radical (unpaired) electrons. The molecule has 0 aliphatic rings. The van der Waals surface area contributed by atoms with Crippen LogP contribution in [0.5, 0.6) is 11.5 Å². The maximum atomic E-state index is 12.5. The summed E-state index contributed by atoms with van der Waals surface area (Å²) >= 11 is 0. The molecule has 0 aliphatic carbocycles. The maximum Gasteiger partial charge on any atom is 0.335 e. The minimum atomic E-state index is -0.952. The number of nitrogens with zero attached hydrogens (tertiary/aromatic N) is 4. The molecule has 0 atom stereocenters. The number of carboxylic acids is 1. The topological polar surface area (TPSA) is 211 Å². The van der Waals surface area contributed by atoms with Crippen molar-refractivity contribution in [3.8, 4) is 23.6 Å². The molecular formula is C42H40N6O7. The lowest BCUT2D eigenvalue weighted by Crippen LogP contribution is -2.13. The number of anilines is 2. The van der Waals surface area contributed by atoms with Crippen LogP contribution in [0.3, 0.4) is 0 Å². The predicted octanol–water partition coefficient (Wildman–Crippen LogP) is 8.32. The normalized spacial score (nSPS) is 10.0. The Bertz CT molecular complexity index is 2290. The third kappa shape index (κ3) is 10.8. The molecule has 4 N–H and O–H groups in total. The van der Waals surface area contributed by atoms with Gasteiger partial charge in [0.2, 0.25) is 0 Å². The number of carbonyl (C=O) groups excluding carboxylic acids is 1. The van der Waals surface area contributed by atoms with E-state index in [1.807, 2.05) is 65.8 Å². The molecule has 280 valence electrons. The molecule has 13 heteroatoms. The molecule has 55 heavy (non-hydrogen) atoms. The van der Waals surface area contributed by atoms with Gasteiger partial charge in [0.15, 0.2) is 0 Å². The molecule has 2 heterocycles. The molecular weight excluding hydrogens is 700 g/mol. The summed E-state index contributed by atoms with van der Waals surface area (Å²) in [5.74, 6) is 1.48. The second-order valence-electron chi connectivity index (χ2n) is 12.3. The Morgan fingerprint density at radius 2 is 1.15 bits per heavy atom. The first-order chi connectivity index (χ1) is 26.3. The Labute approximate surface area is 318 Å². The van der Waals surface area contributed by atoms with Gasteiger partial charge in [0, 0.05) is 11.3 Å². The van der Waals surface area contributed by atoms with Crippen molar-refractivity contribution in [3.05, 3.63) is 152 Å². The number of benzene rings is 4. The van der Waals surface area contributed by atoms with E-state index in [9.17, 15) is 14.9 Å². The minimum Gasteiger partial charge on any atom is -0.489 e. The highest BCUT2D eigenvalue weighted by Crippen LogP contribution is 2.22. The van der Waals surface area contributed by atoms with Crippen LogP contribution in [0.25, 0.3) is 0 Å². The van der Waals surface area contributed by atoms with Crippen molar-refractivity contribution in [1.82, 2.24) is 10.3 Å². The summed E-state index contributed by atoms with van der Waals surface area (Å²) in [6.07, 6.45) is 0. The number of nitriles is 2. The maximum absolute atomic E-state index is 12.5. The van der Waals surface area contributed by atoms with Crippen LogP contribution in [0, 0.1) is 64.2 Å². The summed E-state index contributed by atoms with van der Waals surface area (Å²) < 4.78 is 21.4. The van der Waals surface area contributed by atoms with Gasteiger partial charge in [0.1, 0.15) is 48.4 Å². The first-order valence-corrected chi connectivity index (χ1v) is 16.9. The van der Waals surface area contributed by atoms with Crippen molar-refractivity contribution in [2.45, 2.75) is 54.8 Å². The molecule has 4 aromatic carbocycles. The van der Waals surface area contributed by atoms with E-state index >= 15 is 0 Å². The molecule has 0 aliphatic heterocycles. The molecule has 0 spiro atoms. The van der Waals surface area contributed by atoms with Crippen molar-refractivity contribution in [2.75, 3.05) is 11.1 Å². The van der Waals surface area contributed by atoms with Gasteiger partial charge >= 0.3 is 5.97 Å². The third-order valence-corrected chi connectivity index (χ3v) is 8.40. The quantitative estimate of drug-likeness (QED) is 0.119. The summed E-state index contributed by atoms with van der Waals surface area (Å²) in [7, 11) is 0. The van der Waals surface area contributed by atoms with Crippen molar-refractivity contribution in [3.63, 3.8) is 0 Å². The van der Waals surface area contributed by atoms with E-state index in [0.717, 1.165) is 45.2 Å². The molecule has 13 nitrogen and oxygen atoms in total. The van der Waals surface area contributed by atoms with E-state index in [0.29, 0.717) is 52.8 Å². The number of aromatic nitrogens is 2. The van der Waals surface area contributed by atoms with Crippen LogP contribution in [0.4, 0.5) is 11.4 Å². The summed E-state index contributed by atoms with van der Waals surface area (Å²) in [5, 5.41) is 37.1. The van der Waals surface area contributed by atoms with Crippen LogP contribution >= 0.6 is 0 Å². The lowest BCUT2D eigenvalue weighted by molar-refractivity contribution is 0.0696. The highest BCUT2D eigenvalue weighted by molar-refractivity contribution is 6.05. The lowest BCUT2D eigenvalue weighted by Gasteiger charge is -2.10. The van der Waals surface area contributed by atoms with Crippen LogP contribution in [-0.2, 0) is 13.2 Å². The number of rotatable bonds is 9. The Hall–Kier alpha value is -7.38. The summed E-state index contributed by atoms with van der Waals surface area (Å²) in [6.45, 7) is 11.8. The number of nitrogen functional groups attached to an aromatic ring is 1. The molecule has 0 bridgehead atoms. The van der Waals surface area contributed by atoms with Crippen LogP contribution in [-0.4, -0.2) is 27.3 Å². The second kappa shape index (κ2) is 18.9. The third-order valence-electron chi connectivity index (χ3n) is 8.40. The van der Waals surface area contributed by atoms with Gasteiger partial charge in [0.25, 0.3) is 5.91 Å². The molecule has 6 rings (SSSR count). The first-order valence-electron chi connectivity index (χ1n) is 16.9. The number of aromatic carboxylic acids is 1. The highest BCUT2D eigenvalue weighted by Gasteiger charge is 2.13. The van der Waals surface area contributed by atoms with E-state index in [-0.39, 0.29) is 11.5 Å². The SMILES string of the molecule is Cc1cccc(N)c1C#N.Cc1cccc(NC(=O)c2ccc(OCc3c(C)noc3C)cc2)c1C#N.Cc1noc(C)c1COc1ccc(C(=O)O)cc1. The molecule has 6 aromatic rings. The number of carbonyl (C=O) groups is 2. The second-order valence-corrected chi connectivity index (χ2v) is 12.3. The van der Waals surface area contributed by atoms with E-state index in [4.69, 9.17) is 34.6 Å². The van der Waals surface area contributed by atoms with Gasteiger partial charge in [-0.05, 0) is 113 Å². The number of nitrogens with one attached hydrogen (secondary N) is 1. The highest BCUT2D eigenvalue weighted by atomic mass is 16.5. The van der Waals surface area contributed by atoms with E-state index in [2.05, 4.69) is 21.7 Å². The fourth-order valence-corrected chi connectivity index (χ4v) is 5.08. The van der Waals surface area contributed by atoms with Crippen LogP contribution in [0.15, 0.2) is 94.0 Å². The standard InChI is InChI=1S/C21H19N3O3.C13H13NO4.C8H8N2/c1-13-5-4-6-20(18(13)11-22)23-21(25)16-7-9-17(10-8-16)26-12-19-14(2)24-27-15(19)3;1-8-12(9(2)18-14-8)7-17-11-5-3-10(4-6-11)13(15)16;1-6-3-2-4-8(10)7(6)5-9/h4-10H,12H2,1-3H3,(H,23,25);3-6H,7H2,1-2H3,(H,15,16);2-4H,10H2,1H3. The lowest BCUT2D eigenvalue weighted by atomic mass is 10.1. The monoisotopic (exact) mass is 740 g/mol. The number of hydrogen-bond acceptors (Lipinski definition) is 11. The fraction of sp³-hybridized carbons (Fsp3) is 0.190. The summed E-state index contributed by atoms with van der Waals surface area (Å²) in [5.41, 5.74) is 13.5. The van der Waals surface area contributed by atoms with Crippen LogP contribution < -0.4 is 20.5 Å². The first kappa shape index (κ1) is 40.4. The Balaban J connectivity index is 0.000000205. The van der Waals surface area contributed by atoms with Crippen molar-refractivity contribution >= 4 is 23.3 Å². The van der Waals surface area contributed by atoms with Gasteiger partial charge in [-0.2, -0.15) is 10.5 Å². The molecule has 2 aromatic heterocycles. The number of nitrogens with two attached hydrogens (primary N) is 1. The molecule has 0 saturated heterocycles. The summed E-state index contributed by atoms with van der Waals surface area (Å²) in [4.78, 5) is 23.1. The van der Waals surface area contributed by atoms with E-state index in [1.54, 1.807) is 54.6 Å². The van der Waals surface area contributed by atoms with Crippen LogP contribution in [0.1, 0.15) is 77.0 Å². The fourth-order valence-electron chi connectivity index (χ4n) is 5.08. The smallest absolute Gasteiger partial charge is 0.335 e. The largest absolute Gasteiger partial charge is 0.489 e. The average Bonchev–Trinajstić information content (AvgIpc) is 3.67. The van der Waals surface area contributed by atoms with E-state index < -0.39 is 5.97 Å². The average molecular weight is 741 g/mol. The van der Waals surface area contributed by atoms with Crippen molar-refractivity contribution in [2.24, 2.45) is 0 Å². The van der Waals surface area contributed by atoms with Crippen LogP contribution in [0.2, 0.25) is 0 Å². The van der Waals surface area contributed by atoms with Gasteiger partial charge in [0.05, 0.1) is 44.9 Å². The molecule has 0 fully saturated rings.